The molecule has 0 unspecified atom stereocenters. The van der Waals surface area contributed by atoms with Crippen molar-refractivity contribution in [2.24, 2.45) is 91.7 Å². The predicted octanol–water partition coefficient (Wildman–Crippen LogP) is 17.8. The third kappa shape index (κ3) is 12.8. The summed E-state index contributed by atoms with van der Waals surface area (Å²) in [5, 5.41) is 0. The lowest BCUT2D eigenvalue weighted by Crippen LogP contribution is -2.51. The molecular formula is C56H109N. The predicted molar refractivity (Wildman–Crippen MR) is 257 cm³/mol. The second-order valence-corrected chi connectivity index (χ2v) is 25.7. The van der Waals surface area contributed by atoms with Crippen LogP contribution < -0.4 is 0 Å². The third-order valence-corrected chi connectivity index (χ3v) is 18.5. The molecule has 11 saturated carbocycles. The fourth-order valence-corrected chi connectivity index (χ4v) is 15.6. The van der Waals surface area contributed by atoms with Gasteiger partial charge in [0.1, 0.15) is 0 Å². The molecule has 12 aliphatic rings. The molecule has 0 spiro atoms. The average molecular weight is 796 g/mol. The topological polar surface area (TPSA) is 3.24 Å². The molecule has 0 aromatic rings. The number of piperidine rings is 1. The lowest BCUT2D eigenvalue weighted by molar-refractivity contribution is -0.113. The smallest absolute Gasteiger partial charge is 0.00189 e. The van der Waals surface area contributed by atoms with Crippen LogP contribution in [0.4, 0.5) is 0 Å². The lowest BCUT2D eigenvalue weighted by Gasteiger charge is -2.62. The van der Waals surface area contributed by atoms with Crippen LogP contribution in [0.5, 0.6) is 0 Å². The van der Waals surface area contributed by atoms with E-state index < -0.39 is 0 Å². The van der Waals surface area contributed by atoms with Crippen molar-refractivity contribution in [1.29, 1.82) is 0 Å². The van der Waals surface area contributed by atoms with Gasteiger partial charge in [0, 0.05) is 0 Å². The summed E-state index contributed by atoms with van der Waals surface area (Å²) in [6, 6.07) is 0. The van der Waals surface area contributed by atoms with Gasteiger partial charge in [-0.2, -0.15) is 0 Å². The van der Waals surface area contributed by atoms with E-state index in [1.165, 1.54) is 64.5 Å². The minimum Gasteiger partial charge on any atom is -0.306 e. The van der Waals surface area contributed by atoms with E-state index in [4.69, 9.17) is 0 Å². The van der Waals surface area contributed by atoms with Gasteiger partial charge in [-0.15, -0.1) is 0 Å². The average Bonchev–Trinajstić information content (AvgIpc) is 3.13. The van der Waals surface area contributed by atoms with Gasteiger partial charge in [-0.05, 0) is 234 Å². The standard InChI is InChI=1S/2C14H24.C12H22.C10H21N.3C2H6/c1-13(2,3)14-7-10-4-11(8-14)6-12(5-10)9-14;1-14(2,3)13-11-5-9-4-10(7-11)8-12(13)6-9;1-11(2,3)12-7-4-10(5-8-12)6-9-12;1-10(2,3)9-5-7-11(4)8-6-9;3*1-2/h10-12H,4-9H2,1-3H3;9-13H,4-8H2,1-3H3;10H,4-9H2,1-3H3;9H,5-8H2,1-4H3;3*1-2H3. The summed E-state index contributed by atoms with van der Waals surface area (Å²) in [4.78, 5) is 2.43. The number of hydrogen-bond donors (Lipinski definition) is 0. The molecule has 12 rings (SSSR count). The molecule has 0 radical (unpaired) electrons. The van der Waals surface area contributed by atoms with Crippen molar-refractivity contribution in [2.75, 3.05) is 20.1 Å². The highest BCUT2D eigenvalue weighted by Crippen LogP contribution is 2.66. The van der Waals surface area contributed by atoms with Crippen molar-refractivity contribution in [3.8, 4) is 0 Å². The summed E-state index contributed by atoms with van der Waals surface area (Å²) < 4.78 is 0. The second-order valence-electron chi connectivity index (χ2n) is 25.7. The summed E-state index contributed by atoms with van der Waals surface area (Å²) >= 11 is 0. The van der Waals surface area contributed by atoms with Gasteiger partial charge in [0.25, 0.3) is 0 Å². The van der Waals surface area contributed by atoms with Crippen LogP contribution in [0, 0.1) is 91.7 Å². The van der Waals surface area contributed by atoms with E-state index in [1.807, 2.05) is 41.5 Å². The Morgan fingerprint density at radius 1 is 0.386 bits per heavy atom. The molecule has 10 bridgehead atoms. The first-order chi connectivity index (χ1) is 26.6. The minimum absolute atomic E-state index is 0.529. The van der Waals surface area contributed by atoms with Crippen LogP contribution in [0.25, 0.3) is 0 Å². The van der Waals surface area contributed by atoms with E-state index >= 15 is 0 Å². The van der Waals surface area contributed by atoms with Crippen molar-refractivity contribution < 1.29 is 0 Å². The first kappa shape index (κ1) is 51.3. The molecule has 57 heavy (non-hydrogen) atoms. The zero-order valence-electron chi connectivity index (χ0n) is 43.1. The van der Waals surface area contributed by atoms with Crippen molar-refractivity contribution in [1.82, 2.24) is 4.90 Å². The van der Waals surface area contributed by atoms with Crippen LogP contribution in [0.2, 0.25) is 0 Å². The Hall–Kier alpha value is -0.0400. The summed E-state index contributed by atoms with van der Waals surface area (Å²) in [7, 11) is 2.22. The molecule has 1 heterocycles. The largest absolute Gasteiger partial charge is 0.306 e. The Kier molecular flexibility index (Phi) is 18.8. The van der Waals surface area contributed by atoms with Gasteiger partial charge in [0.2, 0.25) is 0 Å². The summed E-state index contributed by atoms with van der Waals surface area (Å²) in [6.45, 7) is 43.9. The fourth-order valence-electron chi connectivity index (χ4n) is 15.6. The second kappa shape index (κ2) is 20.9. The van der Waals surface area contributed by atoms with Gasteiger partial charge in [0.15, 0.2) is 0 Å². The van der Waals surface area contributed by atoms with Crippen LogP contribution in [0.15, 0.2) is 0 Å². The van der Waals surface area contributed by atoms with Gasteiger partial charge < -0.3 is 4.90 Å². The van der Waals surface area contributed by atoms with Crippen LogP contribution in [-0.2, 0) is 0 Å². The number of hydrogen-bond acceptors (Lipinski definition) is 1. The van der Waals surface area contributed by atoms with E-state index in [1.54, 1.807) is 70.6 Å². The van der Waals surface area contributed by atoms with Gasteiger partial charge in [-0.25, -0.2) is 0 Å². The molecule has 0 aromatic carbocycles. The molecule has 1 heteroatoms. The molecular weight excluding hydrogens is 687 g/mol. The molecule has 12 fully saturated rings. The highest BCUT2D eigenvalue weighted by molar-refractivity contribution is 5.06. The molecule has 0 atom stereocenters. The Morgan fingerprint density at radius 2 is 0.719 bits per heavy atom. The van der Waals surface area contributed by atoms with E-state index in [0.29, 0.717) is 21.7 Å². The maximum absolute atomic E-state index is 2.49. The van der Waals surface area contributed by atoms with Crippen LogP contribution in [0.1, 0.15) is 247 Å². The van der Waals surface area contributed by atoms with E-state index in [-0.39, 0.29) is 0 Å². The third-order valence-electron chi connectivity index (χ3n) is 18.5. The SMILES string of the molecule is CC.CC.CC.CC(C)(C)C12CC3CC(CC(C3)C1)C2.CC(C)(C)C12CCC(CC1)CC2.CC(C)(C)C1C2CC3CC(C2)CC1C3.CN1CCC(C(C)(C)C)CC1. The first-order valence-electron chi connectivity index (χ1n) is 26.2. The zero-order valence-corrected chi connectivity index (χ0v) is 43.1. The summed E-state index contributed by atoms with van der Waals surface area (Å²) in [5.74, 6) is 10.9. The number of rotatable bonds is 0. The zero-order chi connectivity index (χ0) is 43.2. The van der Waals surface area contributed by atoms with Crippen LogP contribution in [0.3, 0.4) is 0 Å². The maximum Gasteiger partial charge on any atom is -0.00189 e. The minimum atomic E-state index is 0.529. The van der Waals surface area contributed by atoms with Crippen LogP contribution >= 0.6 is 0 Å². The van der Waals surface area contributed by atoms with Crippen molar-refractivity contribution in [3.05, 3.63) is 0 Å². The molecule has 0 amide bonds. The van der Waals surface area contributed by atoms with E-state index in [2.05, 4.69) is 95.0 Å². The van der Waals surface area contributed by atoms with E-state index in [0.717, 1.165) is 70.0 Å². The Labute approximate surface area is 362 Å². The molecule has 0 aromatic heterocycles. The Balaban J connectivity index is 0.000000196. The van der Waals surface area contributed by atoms with E-state index in [9.17, 15) is 0 Å². The van der Waals surface area contributed by atoms with Gasteiger partial charge in [0.05, 0.1) is 0 Å². The molecule has 338 valence electrons. The highest BCUT2D eigenvalue weighted by atomic mass is 15.1. The molecule has 1 aliphatic heterocycles. The Morgan fingerprint density at radius 3 is 1.00 bits per heavy atom. The number of nitrogens with zero attached hydrogens (tertiary/aromatic N) is 1. The number of likely N-dealkylation sites (tertiary alicyclic amines) is 1. The molecule has 1 nitrogen and oxygen atoms in total. The van der Waals surface area contributed by atoms with Crippen LogP contribution in [-0.4, -0.2) is 25.0 Å². The van der Waals surface area contributed by atoms with Gasteiger partial charge >= 0.3 is 0 Å². The molecule has 11 aliphatic carbocycles. The Bertz CT molecular complexity index is 1040. The van der Waals surface area contributed by atoms with Gasteiger partial charge in [-0.3, -0.25) is 0 Å². The fraction of sp³-hybridized carbons (Fsp3) is 1.00. The molecule has 1 saturated heterocycles. The summed E-state index contributed by atoms with van der Waals surface area (Å²) in [6.07, 6.45) is 29.2. The quantitative estimate of drug-likeness (QED) is 0.236. The summed E-state index contributed by atoms with van der Waals surface area (Å²) in [5.41, 5.74) is 3.68. The van der Waals surface area contributed by atoms with Crippen molar-refractivity contribution in [2.45, 2.75) is 247 Å². The highest BCUT2D eigenvalue weighted by Gasteiger charge is 2.55. The van der Waals surface area contributed by atoms with Gasteiger partial charge in [-0.1, -0.05) is 125 Å². The number of fused-ring (bicyclic) bond motifs is 3. The molecule has 0 N–H and O–H groups in total. The van der Waals surface area contributed by atoms with Crippen molar-refractivity contribution in [3.63, 3.8) is 0 Å². The monoisotopic (exact) mass is 796 g/mol. The first-order valence-corrected chi connectivity index (χ1v) is 26.2. The van der Waals surface area contributed by atoms with Crippen molar-refractivity contribution >= 4 is 0 Å². The normalized spacial score (nSPS) is 38.9. The lowest BCUT2D eigenvalue weighted by atomic mass is 9.43. The maximum atomic E-state index is 2.49.